The average molecular weight is 326 g/mol. The van der Waals surface area contributed by atoms with E-state index in [1.165, 1.54) is 6.20 Å². The topological polar surface area (TPSA) is 105 Å². The van der Waals surface area contributed by atoms with Crippen molar-refractivity contribution in [1.29, 1.82) is 0 Å². The van der Waals surface area contributed by atoms with Crippen LogP contribution in [-0.2, 0) is 7.05 Å². The second kappa shape index (κ2) is 5.59. The Morgan fingerprint density at radius 3 is 2.92 bits per heavy atom. The first kappa shape index (κ1) is 14.6. The van der Waals surface area contributed by atoms with Crippen LogP contribution in [0, 0.1) is 12.8 Å². The molecule has 1 fully saturated rings. The van der Waals surface area contributed by atoms with Crippen molar-refractivity contribution >= 4 is 22.8 Å². The van der Waals surface area contributed by atoms with Gasteiger partial charge in [-0.15, -0.1) is 5.10 Å². The Balaban J connectivity index is 1.37. The van der Waals surface area contributed by atoms with Crippen molar-refractivity contribution in [2.24, 2.45) is 13.0 Å². The first-order valence-corrected chi connectivity index (χ1v) is 7.81. The van der Waals surface area contributed by atoms with Crippen LogP contribution < -0.4 is 15.8 Å². The van der Waals surface area contributed by atoms with E-state index in [9.17, 15) is 4.79 Å². The molecule has 1 aliphatic rings. The van der Waals surface area contributed by atoms with Crippen molar-refractivity contribution in [3.63, 3.8) is 0 Å². The summed E-state index contributed by atoms with van der Waals surface area (Å²) >= 11 is 0. The monoisotopic (exact) mass is 326 g/mol. The van der Waals surface area contributed by atoms with Crippen molar-refractivity contribution in [3.8, 4) is 0 Å². The summed E-state index contributed by atoms with van der Waals surface area (Å²) in [6, 6.07) is 3.95. The molecule has 9 nitrogen and oxygen atoms in total. The maximum absolute atomic E-state index is 12.0. The van der Waals surface area contributed by atoms with Crippen molar-refractivity contribution in [2.75, 3.05) is 29.9 Å². The van der Waals surface area contributed by atoms with Crippen molar-refractivity contribution in [2.45, 2.75) is 6.92 Å². The molecule has 0 amide bonds. The highest BCUT2D eigenvalue weighted by molar-refractivity contribution is 5.74. The summed E-state index contributed by atoms with van der Waals surface area (Å²) in [5.41, 5.74) is 1.31. The fourth-order valence-electron chi connectivity index (χ4n) is 2.80. The van der Waals surface area contributed by atoms with E-state index < -0.39 is 0 Å². The van der Waals surface area contributed by atoms with E-state index >= 15 is 0 Å². The first-order chi connectivity index (χ1) is 11.6. The molecule has 0 spiro atoms. The zero-order valence-electron chi connectivity index (χ0n) is 13.5. The van der Waals surface area contributed by atoms with E-state index in [0.717, 1.165) is 31.1 Å². The van der Waals surface area contributed by atoms with Gasteiger partial charge in [0.25, 0.3) is 5.56 Å². The second-order valence-corrected chi connectivity index (χ2v) is 6.10. The molecule has 4 heterocycles. The molecule has 3 aromatic rings. The lowest BCUT2D eigenvalue weighted by molar-refractivity contribution is 0.424. The number of hydrogen-bond acceptors (Lipinski definition) is 7. The van der Waals surface area contributed by atoms with Gasteiger partial charge < -0.3 is 10.2 Å². The van der Waals surface area contributed by atoms with Gasteiger partial charge in [-0.1, -0.05) is 0 Å². The van der Waals surface area contributed by atoms with E-state index in [4.69, 9.17) is 0 Å². The van der Waals surface area contributed by atoms with E-state index in [2.05, 4.69) is 35.5 Å². The van der Waals surface area contributed by atoms with Crippen molar-refractivity contribution < 1.29 is 0 Å². The maximum Gasteiger partial charge on any atom is 0.263 e. The van der Waals surface area contributed by atoms with Gasteiger partial charge >= 0.3 is 0 Å². The Kier molecular flexibility index (Phi) is 3.40. The zero-order chi connectivity index (χ0) is 16.7. The Morgan fingerprint density at radius 1 is 1.33 bits per heavy atom. The molecule has 124 valence electrons. The van der Waals surface area contributed by atoms with Crippen LogP contribution in [0.15, 0.2) is 23.1 Å². The number of anilines is 2. The molecular formula is C15H18N8O. The van der Waals surface area contributed by atoms with Gasteiger partial charge in [-0.25, -0.2) is 0 Å². The van der Waals surface area contributed by atoms with Gasteiger partial charge in [0.15, 0.2) is 11.5 Å². The number of aryl methyl sites for hydroxylation is 2. The van der Waals surface area contributed by atoms with Gasteiger partial charge in [0, 0.05) is 32.6 Å². The summed E-state index contributed by atoms with van der Waals surface area (Å²) in [4.78, 5) is 21.3. The van der Waals surface area contributed by atoms with E-state index in [1.54, 1.807) is 11.7 Å². The summed E-state index contributed by atoms with van der Waals surface area (Å²) in [5, 5.41) is 16.0. The number of aromatic amines is 1. The molecule has 0 aliphatic carbocycles. The minimum absolute atomic E-state index is 0.180. The zero-order valence-corrected chi connectivity index (χ0v) is 13.5. The van der Waals surface area contributed by atoms with Crippen molar-refractivity contribution in [3.05, 3.63) is 34.4 Å². The third-order valence-electron chi connectivity index (χ3n) is 4.22. The predicted molar refractivity (Wildman–Crippen MR) is 90.1 cm³/mol. The minimum Gasteiger partial charge on any atom is -0.355 e. The molecule has 2 N–H and O–H groups in total. The van der Waals surface area contributed by atoms with E-state index in [-0.39, 0.29) is 5.56 Å². The van der Waals surface area contributed by atoms with Crippen LogP contribution in [0.1, 0.15) is 5.69 Å². The molecule has 0 bridgehead atoms. The minimum atomic E-state index is -0.180. The molecular weight excluding hydrogens is 308 g/mol. The molecule has 0 saturated carbocycles. The Morgan fingerprint density at radius 2 is 2.17 bits per heavy atom. The largest absolute Gasteiger partial charge is 0.355 e. The normalized spacial score (nSPS) is 14.8. The number of aromatic nitrogens is 6. The number of hydrogen-bond donors (Lipinski definition) is 2. The molecule has 4 rings (SSSR count). The van der Waals surface area contributed by atoms with Crippen LogP contribution in [0.25, 0.3) is 11.0 Å². The number of H-pyrrole nitrogens is 1. The van der Waals surface area contributed by atoms with Crippen LogP contribution in [0.2, 0.25) is 0 Å². The molecule has 1 saturated heterocycles. The van der Waals surface area contributed by atoms with Crippen LogP contribution in [0.4, 0.5) is 11.8 Å². The number of nitrogens with one attached hydrogen (secondary N) is 2. The van der Waals surface area contributed by atoms with Gasteiger partial charge in [0.05, 0.1) is 11.9 Å². The standard InChI is InChI=1S/C15H18N8O/c1-9-3-4-12(21-20-9)23-7-10(8-23)5-16-15-18-13-11(14(24)19-15)6-17-22(13)2/h3-4,6,10H,5,7-8H2,1-2H3,(H2,16,18,19,24). The first-order valence-electron chi connectivity index (χ1n) is 7.81. The predicted octanol–water partition coefficient (Wildman–Crippen LogP) is 0.303. The van der Waals surface area contributed by atoms with Crippen LogP contribution in [-0.4, -0.2) is 49.6 Å². The second-order valence-electron chi connectivity index (χ2n) is 6.10. The van der Waals surface area contributed by atoms with Crippen LogP contribution in [0.5, 0.6) is 0 Å². The van der Waals surface area contributed by atoms with Gasteiger partial charge in [-0.2, -0.15) is 15.2 Å². The number of rotatable bonds is 4. The van der Waals surface area contributed by atoms with Gasteiger partial charge in [-0.05, 0) is 19.1 Å². The Hall–Kier alpha value is -2.97. The quantitative estimate of drug-likeness (QED) is 0.710. The Bertz CT molecular complexity index is 923. The summed E-state index contributed by atoms with van der Waals surface area (Å²) in [5.74, 6) is 1.85. The highest BCUT2D eigenvalue weighted by Gasteiger charge is 2.27. The summed E-state index contributed by atoms with van der Waals surface area (Å²) in [6.07, 6.45) is 1.53. The lowest BCUT2D eigenvalue weighted by Gasteiger charge is -2.39. The highest BCUT2D eigenvalue weighted by atomic mass is 16.1. The smallest absolute Gasteiger partial charge is 0.263 e. The van der Waals surface area contributed by atoms with E-state index in [0.29, 0.717) is 22.9 Å². The lowest BCUT2D eigenvalue weighted by atomic mass is 10.0. The van der Waals surface area contributed by atoms with Crippen LogP contribution >= 0.6 is 0 Å². The molecule has 0 aromatic carbocycles. The molecule has 0 atom stereocenters. The third-order valence-corrected chi connectivity index (χ3v) is 4.22. The summed E-state index contributed by atoms with van der Waals surface area (Å²) in [6.45, 7) is 4.47. The molecule has 9 heteroatoms. The molecule has 0 radical (unpaired) electrons. The number of nitrogens with zero attached hydrogens (tertiary/aromatic N) is 6. The van der Waals surface area contributed by atoms with Gasteiger partial charge in [-0.3, -0.25) is 14.5 Å². The third kappa shape index (κ3) is 2.57. The van der Waals surface area contributed by atoms with Gasteiger partial charge in [0.1, 0.15) is 5.39 Å². The summed E-state index contributed by atoms with van der Waals surface area (Å²) < 4.78 is 1.59. The van der Waals surface area contributed by atoms with E-state index in [1.807, 2.05) is 19.1 Å². The lowest BCUT2D eigenvalue weighted by Crippen LogP contribution is -2.50. The summed E-state index contributed by atoms with van der Waals surface area (Å²) in [7, 11) is 1.77. The molecule has 3 aromatic heterocycles. The average Bonchev–Trinajstić information content (AvgIpc) is 2.89. The van der Waals surface area contributed by atoms with Gasteiger partial charge in [0.2, 0.25) is 5.95 Å². The SMILES string of the molecule is Cc1ccc(N2CC(CNc3nc4c(cnn4C)c(=O)[nH]3)C2)nn1. The maximum atomic E-state index is 12.0. The highest BCUT2D eigenvalue weighted by Crippen LogP contribution is 2.22. The molecule has 24 heavy (non-hydrogen) atoms. The van der Waals surface area contributed by atoms with Crippen molar-refractivity contribution in [1.82, 2.24) is 29.9 Å². The molecule has 1 aliphatic heterocycles. The fraction of sp³-hybridized carbons (Fsp3) is 0.400. The Labute approximate surface area is 137 Å². The number of fused-ring (bicyclic) bond motifs is 1. The molecule has 0 unspecified atom stereocenters. The van der Waals surface area contributed by atoms with Crippen LogP contribution in [0.3, 0.4) is 0 Å². The fourth-order valence-corrected chi connectivity index (χ4v) is 2.80.